The molecule has 0 rings (SSSR count). The molecule has 0 radical (unpaired) electrons. The molecule has 0 heterocycles. The smallest absolute Gasteiger partial charge is 0.326 e. The lowest BCUT2D eigenvalue weighted by Crippen LogP contribution is -2.58. The number of aliphatic carboxylic acids is 2. The number of rotatable bonds is 22. The first-order valence-electron chi connectivity index (χ1n) is 14.7. The third-order valence-corrected chi connectivity index (χ3v) is 7.35. The zero-order valence-corrected chi connectivity index (χ0v) is 27.4. The molecule has 0 saturated heterocycles. The van der Waals surface area contributed by atoms with Gasteiger partial charge in [0.05, 0.1) is 35.4 Å². The number of nitrogens with two attached hydrogens (primary N) is 1. The number of carboxylic acids is 2. The Bertz CT molecular complexity index is 912. The van der Waals surface area contributed by atoms with E-state index in [1.807, 2.05) is 41.5 Å². The van der Waals surface area contributed by atoms with Crippen LogP contribution in [0.2, 0.25) is 0 Å². The summed E-state index contributed by atoms with van der Waals surface area (Å²) in [6.45, 7) is 18.3. The van der Waals surface area contributed by atoms with Gasteiger partial charge in [0.1, 0.15) is 17.6 Å². The number of hydrogen-bond acceptors (Lipinski definition) is 9. The number of carbonyl (C=O) groups is 4. The summed E-state index contributed by atoms with van der Waals surface area (Å²) in [5.41, 5.74) is 0.781. The molecule has 7 N–H and O–H groups in total. The summed E-state index contributed by atoms with van der Waals surface area (Å²) in [5.74, 6) is -2.98. The highest BCUT2D eigenvalue weighted by molar-refractivity contribution is 5.90. The first-order chi connectivity index (χ1) is 18.8. The molecule has 0 aliphatic rings. The van der Waals surface area contributed by atoms with E-state index >= 15 is 0 Å². The Balaban J connectivity index is 4.69. The molecule has 0 spiro atoms. The first-order valence-corrected chi connectivity index (χ1v) is 14.7. The van der Waals surface area contributed by atoms with Gasteiger partial charge in [-0.15, -0.1) is 0 Å². The lowest BCUT2D eigenvalue weighted by Gasteiger charge is -2.32. The number of carboxylic acid groups (broad SMARTS) is 2. The van der Waals surface area contributed by atoms with Crippen LogP contribution >= 0.6 is 0 Å². The minimum atomic E-state index is -1.62. The number of ether oxygens (including phenoxy) is 2. The minimum absolute atomic E-state index is 0.00220. The second-order valence-corrected chi connectivity index (χ2v) is 14.0. The van der Waals surface area contributed by atoms with Gasteiger partial charge in [0.2, 0.25) is 5.91 Å². The van der Waals surface area contributed by atoms with Crippen LogP contribution in [-0.2, 0) is 28.7 Å². The maximum absolute atomic E-state index is 12.7. The second kappa shape index (κ2) is 16.1. The molecular formula is C30H57N3O9. The van der Waals surface area contributed by atoms with Crippen molar-refractivity contribution in [2.75, 3.05) is 19.8 Å². The second-order valence-electron chi connectivity index (χ2n) is 14.0. The Morgan fingerprint density at radius 2 is 1.36 bits per heavy atom. The van der Waals surface area contributed by atoms with Crippen LogP contribution in [-0.4, -0.2) is 87.2 Å². The van der Waals surface area contributed by atoms with Crippen LogP contribution < -0.4 is 16.4 Å². The van der Waals surface area contributed by atoms with Crippen LogP contribution in [0, 0.1) is 11.3 Å². The van der Waals surface area contributed by atoms with Crippen molar-refractivity contribution < 1.29 is 44.0 Å². The van der Waals surface area contributed by atoms with Crippen molar-refractivity contribution in [2.45, 2.75) is 136 Å². The Morgan fingerprint density at radius 3 is 1.86 bits per heavy atom. The molecule has 0 aromatic carbocycles. The van der Waals surface area contributed by atoms with Crippen LogP contribution in [0.15, 0.2) is 0 Å². The summed E-state index contributed by atoms with van der Waals surface area (Å²) in [6, 6.07) is -1.33. The molecule has 12 nitrogen and oxygen atoms in total. The fraction of sp³-hybridized carbons (Fsp3) is 0.867. The molecule has 12 heteroatoms. The van der Waals surface area contributed by atoms with Crippen molar-refractivity contribution in [3.8, 4) is 0 Å². The van der Waals surface area contributed by atoms with Gasteiger partial charge in [0.15, 0.2) is 0 Å². The van der Waals surface area contributed by atoms with Gasteiger partial charge in [-0.3, -0.25) is 19.7 Å². The average Bonchev–Trinajstić information content (AvgIpc) is 2.81. The van der Waals surface area contributed by atoms with Crippen LogP contribution in [0.1, 0.15) is 108 Å². The lowest BCUT2D eigenvalue weighted by molar-refractivity contribution is -0.149. The minimum Gasteiger partial charge on any atom is -0.481 e. The maximum atomic E-state index is 12.7. The Hall–Kier alpha value is -2.12. The molecule has 0 bridgehead atoms. The monoisotopic (exact) mass is 603 g/mol. The fourth-order valence-electron chi connectivity index (χ4n) is 4.25. The van der Waals surface area contributed by atoms with E-state index in [4.69, 9.17) is 15.2 Å². The van der Waals surface area contributed by atoms with Gasteiger partial charge in [-0.1, -0.05) is 13.8 Å². The van der Waals surface area contributed by atoms with Gasteiger partial charge in [-0.2, -0.15) is 0 Å². The number of ketones is 1. The topological polar surface area (TPSA) is 198 Å². The molecule has 0 fully saturated rings. The normalized spacial score (nSPS) is 16.4. The summed E-state index contributed by atoms with van der Waals surface area (Å²) in [7, 11) is 0. The van der Waals surface area contributed by atoms with Gasteiger partial charge in [-0.25, -0.2) is 4.79 Å². The molecule has 1 amide bonds. The van der Waals surface area contributed by atoms with E-state index in [2.05, 4.69) is 10.6 Å². The number of Topliss-reactive ketones (excluding diaryl/α,β-unsaturated/α-hetero) is 1. The van der Waals surface area contributed by atoms with Gasteiger partial charge >= 0.3 is 11.9 Å². The average molecular weight is 604 g/mol. The van der Waals surface area contributed by atoms with Gasteiger partial charge in [0, 0.05) is 18.9 Å². The third kappa shape index (κ3) is 15.9. The van der Waals surface area contributed by atoms with E-state index in [1.54, 1.807) is 0 Å². The van der Waals surface area contributed by atoms with E-state index in [9.17, 15) is 34.5 Å². The molecule has 3 atom stereocenters. The van der Waals surface area contributed by atoms with Crippen molar-refractivity contribution >= 4 is 23.6 Å². The number of carbonyl (C=O) groups excluding carboxylic acids is 2. The van der Waals surface area contributed by atoms with Gasteiger partial charge in [0.25, 0.3) is 0 Å². The Morgan fingerprint density at radius 1 is 0.833 bits per heavy atom. The molecule has 246 valence electrons. The van der Waals surface area contributed by atoms with Crippen molar-refractivity contribution in [3.63, 3.8) is 0 Å². The van der Waals surface area contributed by atoms with Crippen molar-refractivity contribution in [3.05, 3.63) is 0 Å². The summed E-state index contributed by atoms with van der Waals surface area (Å²) in [6.07, 6.45) is 1.44. The van der Waals surface area contributed by atoms with Crippen LogP contribution in [0.5, 0.6) is 0 Å². The molecule has 0 aromatic rings. The number of aliphatic hydroxyl groups is 1. The molecule has 0 saturated carbocycles. The van der Waals surface area contributed by atoms with E-state index in [0.717, 1.165) is 0 Å². The predicted octanol–water partition coefficient (Wildman–Crippen LogP) is 2.84. The fourth-order valence-corrected chi connectivity index (χ4v) is 4.25. The summed E-state index contributed by atoms with van der Waals surface area (Å²) in [4.78, 5) is 47.8. The predicted molar refractivity (Wildman–Crippen MR) is 160 cm³/mol. The molecule has 0 aromatic heterocycles. The van der Waals surface area contributed by atoms with E-state index in [0.29, 0.717) is 25.9 Å². The standard InChI is InChI=1S/C30H57N3O9/c1-20(2)22(34)12-13-27(5,6)41-17-15-28(7,8)42-18-16-32-30(10,40)14-11-21(23(35)36)33-24(37)29(9,31)19-26(3,4)25(38)39/h20-21,32,40H,11-19,31H2,1-10H3,(H,33,37)(H,35,36)(H,38,39)/t21-,29?,30?/m0/s1. The third-order valence-electron chi connectivity index (χ3n) is 7.35. The van der Waals surface area contributed by atoms with Crippen molar-refractivity contribution in [1.82, 2.24) is 10.6 Å². The van der Waals surface area contributed by atoms with Crippen LogP contribution in [0.4, 0.5) is 0 Å². The highest BCUT2D eigenvalue weighted by Crippen LogP contribution is 2.27. The van der Waals surface area contributed by atoms with E-state index in [-0.39, 0.29) is 44.1 Å². The van der Waals surface area contributed by atoms with E-state index in [1.165, 1.54) is 27.7 Å². The number of hydrogen-bond donors (Lipinski definition) is 6. The summed E-state index contributed by atoms with van der Waals surface area (Å²) in [5, 5.41) is 35.0. The largest absolute Gasteiger partial charge is 0.481 e. The first kappa shape index (κ1) is 39.9. The van der Waals surface area contributed by atoms with Crippen LogP contribution in [0.25, 0.3) is 0 Å². The van der Waals surface area contributed by atoms with Crippen molar-refractivity contribution in [2.24, 2.45) is 17.1 Å². The highest BCUT2D eigenvalue weighted by Gasteiger charge is 2.41. The molecular weight excluding hydrogens is 546 g/mol. The Labute approximate surface area is 251 Å². The quantitative estimate of drug-likeness (QED) is 0.0786. The molecule has 0 aliphatic heterocycles. The zero-order valence-electron chi connectivity index (χ0n) is 27.4. The van der Waals surface area contributed by atoms with Crippen LogP contribution in [0.3, 0.4) is 0 Å². The highest BCUT2D eigenvalue weighted by atomic mass is 16.5. The molecule has 0 aliphatic carbocycles. The van der Waals surface area contributed by atoms with Crippen molar-refractivity contribution in [1.29, 1.82) is 0 Å². The lowest BCUT2D eigenvalue weighted by atomic mass is 9.79. The molecule has 42 heavy (non-hydrogen) atoms. The van der Waals surface area contributed by atoms with E-state index < -0.39 is 51.8 Å². The SMILES string of the molecule is CC(C)C(=O)CCC(C)(C)OCCC(C)(C)OCCNC(C)(O)CC[C@H](NC(=O)C(C)(N)CC(C)(C)C(=O)O)C(=O)O. The zero-order chi connectivity index (χ0) is 33.2. The van der Waals surface area contributed by atoms with Gasteiger partial charge < -0.3 is 35.8 Å². The Kier molecular flexibility index (Phi) is 15.3. The summed E-state index contributed by atoms with van der Waals surface area (Å²) < 4.78 is 12.0. The van der Waals surface area contributed by atoms with Gasteiger partial charge in [-0.05, 0) is 87.5 Å². The number of amides is 1. The number of nitrogens with one attached hydrogen (secondary N) is 2. The molecule has 2 unspecified atom stereocenters. The summed E-state index contributed by atoms with van der Waals surface area (Å²) >= 11 is 0. The maximum Gasteiger partial charge on any atom is 0.326 e.